The van der Waals surface area contributed by atoms with Crippen LogP contribution in [-0.4, -0.2) is 44.3 Å². The van der Waals surface area contributed by atoms with Crippen LogP contribution in [-0.2, 0) is 17.6 Å². The molecule has 0 aliphatic carbocycles. The number of nitrogens with one attached hydrogen (secondary N) is 2. The van der Waals surface area contributed by atoms with Gasteiger partial charge in [0.1, 0.15) is 0 Å². The minimum atomic E-state index is 0. The molecule has 0 spiro atoms. The average Bonchev–Trinajstić information content (AvgIpc) is 3.05. The maximum Gasteiger partial charge on any atom is 0.190 e. The van der Waals surface area contributed by atoms with Gasteiger partial charge in [0.2, 0.25) is 0 Å². The minimum Gasteiger partial charge on any atom is -0.381 e. The fraction of sp³-hybridized carbons (Fsp3) is 0.474. The molecule has 0 saturated heterocycles. The molecule has 0 aliphatic rings. The molecule has 0 bridgehead atoms. The van der Waals surface area contributed by atoms with Gasteiger partial charge in [-0.15, -0.1) is 35.3 Å². The van der Waals surface area contributed by atoms with Crippen LogP contribution < -0.4 is 10.6 Å². The van der Waals surface area contributed by atoms with Crippen LogP contribution in [0.5, 0.6) is 0 Å². The van der Waals surface area contributed by atoms with Gasteiger partial charge in [0.25, 0.3) is 0 Å². The zero-order chi connectivity index (χ0) is 17.7. The first-order chi connectivity index (χ1) is 12.3. The molecule has 1 aromatic carbocycles. The molecule has 144 valence electrons. The maximum absolute atomic E-state index is 5.69. The predicted octanol–water partition coefficient (Wildman–Crippen LogP) is 3.43. The summed E-state index contributed by atoms with van der Waals surface area (Å²) in [5.74, 6) is 0.831. The number of aromatic nitrogens is 1. The summed E-state index contributed by atoms with van der Waals surface area (Å²) in [7, 11) is 1.79. The summed E-state index contributed by atoms with van der Waals surface area (Å²) in [6, 6.07) is 10.4. The number of aliphatic imine (C=N–C) groups is 1. The van der Waals surface area contributed by atoms with E-state index in [1.165, 1.54) is 10.4 Å². The van der Waals surface area contributed by atoms with Gasteiger partial charge < -0.3 is 15.4 Å². The van der Waals surface area contributed by atoms with Gasteiger partial charge in [0, 0.05) is 44.2 Å². The van der Waals surface area contributed by atoms with Gasteiger partial charge in [0.15, 0.2) is 5.96 Å². The molecule has 2 rings (SSSR count). The molecule has 2 aromatic rings. The van der Waals surface area contributed by atoms with Gasteiger partial charge in [-0.25, -0.2) is 4.98 Å². The van der Waals surface area contributed by atoms with Crippen LogP contribution in [0.15, 0.2) is 41.5 Å². The molecule has 0 fully saturated rings. The number of halogens is 1. The molecule has 0 radical (unpaired) electrons. The summed E-state index contributed by atoms with van der Waals surface area (Å²) >= 11 is 1.75. The van der Waals surface area contributed by atoms with Crippen LogP contribution in [0.25, 0.3) is 0 Å². The molecule has 0 atom stereocenters. The van der Waals surface area contributed by atoms with Crippen LogP contribution in [0.2, 0.25) is 0 Å². The monoisotopic (exact) mass is 488 g/mol. The average molecular weight is 488 g/mol. The van der Waals surface area contributed by atoms with Crippen molar-refractivity contribution in [1.29, 1.82) is 0 Å². The standard InChI is InChI=1S/C19H28N4OS.HI/c1-16-15-23-18(25-16)9-12-22-19(20-2)21-11-6-13-24-14-10-17-7-4-3-5-8-17;/h3-5,7-8,15H,6,9-14H2,1-2H3,(H2,20,21,22);1H. The van der Waals surface area contributed by atoms with E-state index >= 15 is 0 Å². The zero-order valence-corrected chi connectivity index (χ0v) is 18.7. The van der Waals surface area contributed by atoms with Crippen LogP contribution >= 0.6 is 35.3 Å². The largest absolute Gasteiger partial charge is 0.381 e. The summed E-state index contributed by atoms with van der Waals surface area (Å²) < 4.78 is 5.69. The van der Waals surface area contributed by atoms with Crippen molar-refractivity contribution in [3.8, 4) is 0 Å². The van der Waals surface area contributed by atoms with E-state index in [-0.39, 0.29) is 24.0 Å². The van der Waals surface area contributed by atoms with E-state index in [1.54, 1.807) is 18.4 Å². The summed E-state index contributed by atoms with van der Waals surface area (Å²) in [4.78, 5) is 9.86. The van der Waals surface area contributed by atoms with E-state index in [1.807, 2.05) is 12.3 Å². The molecule has 1 aromatic heterocycles. The Bertz CT molecular complexity index is 633. The molecule has 0 amide bonds. The second-order valence-electron chi connectivity index (χ2n) is 5.74. The number of hydrogen-bond donors (Lipinski definition) is 2. The SMILES string of the molecule is CN=C(NCCCOCCc1ccccc1)NCCc1ncc(C)s1.I. The molecule has 26 heavy (non-hydrogen) atoms. The molecule has 0 saturated carbocycles. The Labute approximate surface area is 177 Å². The molecule has 7 heteroatoms. The lowest BCUT2D eigenvalue weighted by Crippen LogP contribution is -2.39. The van der Waals surface area contributed by atoms with Crippen molar-refractivity contribution in [3.63, 3.8) is 0 Å². The minimum absolute atomic E-state index is 0. The van der Waals surface area contributed by atoms with Gasteiger partial charge in [-0.1, -0.05) is 30.3 Å². The Morgan fingerprint density at radius 1 is 1.12 bits per heavy atom. The maximum atomic E-state index is 5.69. The molecule has 2 N–H and O–H groups in total. The van der Waals surface area contributed by atoms with Crippen molar-refractivity contribution in [3.05, 3.63) is 52.0 Å². The lowest BCUT2D eigenvalue weighted by Gasteiger charge is -2.11. The van der Waals surface area contributed by atoms with Crippen molar-refractivity contribution in [2.24, 2.45) is 4.99 Å². The number of nitrogens with zero attached hydrogens (tertiary/aromatic N) is 2. The predicted molar refractivity (Wildman–Crippen MR) is 121 cm³/mol. The van der Waals surface area contributed by atoms with Crippen molar-refractivity contribution in [2.75, 3.05) is 33.4 Å². The van der Waals surface area contributed by atoms with Gasteiger partial charge in [-0.2, -0.15) is 0 Å². The van der Waals surface area contributed by atoms with E-state index in [4.69, 9.17) is 4.74 Å². The first-order valence-corrected chi connectivity index (χ1v) is 9.57. The first-order valence-electron chi connectivity index (χ1n) is 8.75. The second-order valence-corrected chi connectivity index (χ2v) is 7.06. The molecule has 5 nitrogen and oxygen atoms in total. The highest BCUT2D eigenvalue weighted by atomic mass is 127. The van der Waals surface area contributed by atoms with E-state index in [0.29, 0.717) is 0 Å². The lowest BCUT2D eigenvalue weighted by atomic mass is 10.2. The summed E-state index contributed by atoms with van der Waals surface area (Å²) in [6.07, 6.45) is 4.77. The van der Waals surface area contributed by atoms with Crippen LogP contribution in [0.1, 0.15) is 21.9 Å². The van der Waals surface area contributed by atoms with Gasteiger partial charge in [-0.05, 0) is 25.3 Å². The first kappa shape index (κ1) is 22.9. The molecule has 0 unspecified atom stereocenters. The number of rotatable bonds is 10. The third-order valence-corrected chi connectivity index (χ3v) is 4.63. The van der Waals surface area contributed by atoms with E-state index in [2.05, 4.69) is 51.8 Å². The molecule has 1 heterocycles. The quantitative estimate of drug-likeness (QED) is 0.233. The highest BCUT2D eigenvalue weighted by Gasteiger charge is 2.01. The fourth-order valence-electron chi connectivity index (χ4n) is 2.34. The van der Waals surface area contributed by atoms with E-state index in [9.17, 15) is 0 Å². The molecular weight excluding hydrogens is 459 g/mol. The van der Waals surface area contributed by atoms with Crippen LogP contribution in [0, 0.1) is 6.92 Å². The molecular formula is C19H29IN4OS. The summed E-state index contributed by atoms with van der Waals surface area (Å²) in [5, 5.41) is 7.79. The normalized spacial score (nSPS) is 11.1. The van der Waals surface area contributed by atoms with E-state index < -0.39 is 0 Å². The Morgan fingerprint density at radius 2 is 1.88 bits per heavy atom. The van der Waals surface area contributed by atoms with Crippen molar-refractivity contribution < 1.29 is 4.74 Å². The fourth-order valence-corrected chi connectivity index (χ4v) is 3.13. The Hall–Kier alpha value is -1.19. The third-order valence-electron chi connectivity index (χ3n) is 3.66. The Balaban J connectivity index is 0.00000338. The van der Waals surface area contributed by atoms with Crippen LogP contribution in [0.3, 0.4) is 0 Å². The summed E-state index contributed by atoms with van der Waals surface area (Å²) in [5.41, 5.74) is 1.32. The van der Waals surface area contributed by atoms with Gasteiger partial charge in [-0.3, -0.25) is 4.99 Å². The number of guanidine groups is 1. The Kier molecular flexibility index (Phi) is 12.3. The summed E-state index contributed by atoms with van der Waals surface area (Å²) in [6.45, 7) is 5.29. The highest BCUT2D eigenvalue weighted by molar-refractivity contribution is 14.0. The topological polar surface area (TPSA) is 58.5 Å². The second kappa shape index (κ2) is 13.9. The van der Waals surface area contributed by atoms with Crippen LogP contribution in [0.4, 0.5) is 0 Å². The number of hydrogen-bond acceptors (Lipinski definition) is 4. The highest BCUT2D eigenvalue weighted by Crippen LogP contribution is 2.10. The number of aryl methyl sites for hydroxylation is 1. The van der Waals surface area contributed by atoms with E-state index in [0.717, 1.165) is 56.5 Å². The lowest BCUT2D eigenvalue weighted by molar-refractivity contribution is 0.135. The van der Waals surface area contributed by atoms with Crippen molar-refractivity contribution >= 4 is 41.3 Å². The smallest absolute Gasteiger partial charge is 0.190 e. The number of thiazole rings is 1. The van der Waals surface area contributed by atoms with Gasteiger partial charge in [0.05, 0.1) is 11.6 Å². The Morgan fingerprint density at radius 3 is 2.58 bits per heavy atom. The van der Waals surface area contributed by atoms with Gasteiger partial charge >= 0.3 is 0 Å². The molecule has 0 aliphatic heterocycles. The third kappa shape index (κ3) is 9.49. The zero-order valence-electron chi connectivity index (χ0n) is 15.5. The van der Waals surface area contributed by atoms with Crippen molar-refractivity contribution in [1.82, 2.24) is 15.6 Å². The van der Waals surface area contributed by atoms with Crippen molar-refractivity contribution in [2.45, 2.75) is 26.2 Å². The number of ether oxygens (including phenoxy) is 1. The number of benzene rings is 1.